The van der Waals surface area contributed by atoms with Crippen LogP contribution in [0.25, 0.3) is 0 Å². The first-order valence-electron chi connectivity index (χ1n) is 5.59. The van der Waals surface area contributed by atoms with Gasteiger partial charge in [0.1, 0.15) is 0 Å². The third kappa shape index (κ3) is 2.85. The van der Waals surface area contributed by atoms with E-state index in [1.165, 1.54) is 0 Å². The Labute approximate surface area is 117 Å². The second kappa shape index (κ2) is 5.72. The highest BCUT2D eigenvalue weighted by molar-refractivity contribution is 6.31. The minimum atomic E-state index is -0.123. The van der Waals surface area contributed by atoms with Crippen molar-refractivity contribution in [1.29, 1.82) is 0 Å². The molecule has 18 heavy (non-hydrogen) atoms. The van der Waals surface area contributed by atoms with Crippen molar-refractivity contribution in [1.82, 2.24) is 5.43 Å². The zero-order valence-corrected chi connectivity index (χ0v) is 11.5. The molecular formula is C14H14Cl2N2. The third-order valence-corrected chi connectivity index (χ3v) is 3.52. The second-order valence-electron chi connectivity index (χ2n) is 4.16. The number of hydrogen-bond acceptors (Lipinski definition) is 2. The van der Waals surface area contributed by atoms with Gasteiger partial charge >= 0.3 is 0 Å². The quantitative estimate of drug-likeness (QED) is 0.662. The van der Waals surface area contributed by atoms with Crippen LogP contribution in [0, 0.1) is 6.92 Å². The van der Waals surface area contributed by atoms with Gasteiger partial charge in [-0.2, -0.15) is 0 Å². The number of aryl methyl sites for hydroxylation is 1. The van der Waals surface area contributed by atoms with Crippen molar-refractivity contribution in [2.24, 2.45) is 5.84 Å². The number of nitrogens with two attached hydrogens (primary N) is 1. The van der Waals surface area contributed by atoms with Crippen molar-refractivity contribution in [2.75, 3.05) is 0 Å². The first-order chi connectivity index (χ1) is 8.61. The summed E-state index contributed by atoms with van der Waals surface area (Å²) < 4.78 is 0. The van der Waals surface area contributed by atoms with Crippen LogP contribution in [0.4, 0.5) is 0 Å². The Hall–Kier alpha value is -1.06. The van der Waals surface area contributed by atoms with Crippen LogP contribution >= 0.6 is 23.2 Å². The topological polar surface area (TPSA) is 38.0 Å². The fraction of sp³-hybridized carbons (Fsp3) is 0.143. The van der Waals surface area contributed by atoms with E-state index in [9.17, 15) is 0 Å². The summed E-state index contributed by atoms with van der Waals surface area (Å²) in [6.07, 6.45) is 0. The fourth-order valence-electron chi connectivity index (χ4n) is 1.86. The maximum Gasteiger partial charge on any atom is 0.0711 e. The molecule has 2 aromatic carbocycles. The van der Waals surface area contributed by atoms with Gasteiger partial charge in [0.05, 0.1) is 6.04 Å². The summed E-state index contributed by atoms with van der Waals surface area (Å²) in [5, 5.41) is 1.42. The van der Waals surface area contributed by atoms with E-state index >= 15 is 0 Å². The summed E-state index contributed by atoms with van der Waals surface area (Å²) in [4.78, 5) is 0. The van der Waals surface area contributed by atoms with Crippen molar-refractivity contribution in [3.8, 4) is 0 Å². The van der Waals surface area contributed by atoms with Crippen molar-refractivity contribution in [3.63, 3.8) is 0 Å². The zero-order valence-electron chi connectivity index (χ0n) is 9.95. The molecule has 0 aliphatic heterocycles. The van der Waals surface area contributed by atoms with Gasteiger partial charge in [-0.25, -0.2) is 5.43 Å². The highest BCUT2D eigenvalue weighted by Crippen LogP contribution is 2.27. The lowest BCUT2D eigenvalue weighted by Gasteiger charge is -2.18. The molecule has 4 heteroatoms. The van der Waals surface area contributed by atoms with Crippen LogP contribution < -0.4 is 11.3 Å². The zero-order chi connectivity index (χ0) is 13.1. The molecular weight excluding hydrogens is 267 g/mol. The Balaban J connectivity index is 2.42. The number of nitrogens with one attached hydrogen (secondary N) is 1. The summed E-state index contributed by atoms with van der Waals surface area (Å²) in [5.41, 5.74) is 5.85. The molecule has 3 N–H and O–H groups in total. The van der Waals surface area contributed by atoms with Gasteiger partial charge in [-0.05, 0) is 41.8 Å². The number of hydrazine groups is 1. The summed E-state index contributed by atoms with van der Waals surface area (Å²) in [5.74, 6) is 5.64. The molecule has 0 aliphatic rings. The summed E-state index contributed by atoms with van der Waals surface area (Å²) in [7, 11) is 0. The van der Waals surface area contributed by atoms with Gasteiger partial charge in [0.25, 0.3) is 0 Å². The molecule has 0 aliphatic carbocycles. The van der Waals surface area contributed by atoms with Crippen molar-refractivity contribution in [2.45, 2.75) is 13.0 Å². The van der Waals surface area contributed by atoms with E-state index in [2.05, 4.69) is 5.43 Å². The molecule has 0 bridgehead atoms. The second-order valence-corrected chi connectivity index (χ2v) is 5.01. The maximum absolute atomic E-state index is 6.14. The predicted molar refractivity (Wildman–Crippen MR) is 76.8 cm³/mol. The van der Waals surface area contributed by atoms with E-state index in [-0.39, 0.29) is 6.04 Å². The van der Waals surface area contributed by atoms with Gasteiger partial charge in [-0.3, -0.25) is 5.84 Å². The molecule has 0 aromatic heterocycles. The molecule has 94 valence electrons. The van der Waals surface area contributed by atoms with Gasteiger partial charge in [0, 0.05) is 10.0 Å². The van der Waals surface area contributed by atoms with E-state index in [0.717, 1.165) is 21.7 Å². The molecule has 0 amide bonds. The largest absolute Gasteiger partial charge is 0.271 e. The molecule has 0 radical (unpaired) electrons. The Morgan fingerprint density at radius 2 is 1.78 bits per heavy atom. The lowest BCUT2D eigenvalue weighted by molar-refractivity contribution is 0.637. The third-order valence-electron chi connectivity index (χ3n) is 2.88. The van der Waals surface area contributed by atoms with Crippen LogP contribution in [0.3, 0.4) is 0 Å². The SMILES string of the molecule is Cc1ccc(C(NN)c2cccc(Cl)c2)cc1Cl. The number of rotatable bonds is 3. The number of hydrogen-bond donors (Lipinski definition) is 2. The van der Waals surface area contributed by atoms with Gasteiger partial charge < -0.3 is 0 Å². The van der Waals surface area contributed by atoms with Crippen LogP contribution in [-0.4, -0.2) is 0 Å². The average molecular weight is 281 g/mol. The van der Waals surface area contributed by atoms with Gasteiger partial charge in [0.2, 0.25) is 0 Å². The summed E-state index contributed by atoms with van der Waals surface area (Å²) >= 11 is 12.1. The Morgan fingerprint density at radius 3 is 2.39 bits per heavy atom. The molecule has 2 nitrogen and oxygen atoms in total. The minimum Gasteiger partial charge on any atom is -0.271 e. The lowest BCUT2D eigenvalue weighted by atomic mass is 9.98. The normalized spacial score (nSPS) is 12.4. The highest BCUT2D eigenvalue weighted by Gasteiger charge is 2.13. The summed E-state index contributed by atoms with van der Waals surface area (Å²) in [6.45, 7) is 1.97. The molecule has 0 saturated carbocycles. The molecule has 0 spiro atoms. The van der Waals surface area contributed by atoms with Crippen LogP contribution in [-0.2, 0) is 0 Å². The van der Waals surface area contributed by atoms with Crippen molar-refractivity contribution >= 4 is 23.2 Å². The molecule has 0 heterocycles. The van der Waals surface area contributed by atoms with Crippen LogP contribution in [0.1, 0.15) is 22.7 Å². The predicted octanol–water partition coefficient (Wildman–Crippen LogP) is 3.85. The molecule has 0 saturated heterocycles. The first-order valence-corrected chi connectivity index (χ1v) is 6.35. The van der Waals surface area contributed by atoms with E-state index < -0.39 is 0 Å². The molecule has 2 aromatic rings. The minimum absolute atomic E-state index is 0.123. The fourth-order valence-corrected chi connectivity index (χ4v) is 2.25. The molecule has 2 rings (SSSR count). The molecule has 1 atom stereocenters. The molecule has 0 fully saturated rings. The van der Waals surface area contributed by atoms with E-state index in [4.69, 9.17) is 29.0 Å². The van der Waals surface area contributed by atoms with Gasteiger partial charge in [-0.15, -0.1) is 0 Å². The Morgan fingerprint density at radius 1 is 1.06 bits per heavy atom. The van der Waals surface area contributed by atoms with Crippen LogP contribution in [0.2, 0.25) is 10.0 Å². The molecule has 1 unspecified atom stereocenters. The van der Waals surface area contributed by atoms with Crippen molar-refractivity contribution in [3.05, 3.63) is 69.2 Å². The van der Waals surface area contributed by atoms with Crippen LogP contribution in [0.5, 0.6) is 0 Å². The average Bonchev–Trinajstić information content (AvgIpc) is 2.35. The van der Waals surface area contributed by atoms with Gasteiger partial charge in [0.15, 0.2) is 0 Å². The Bertz CT molecular complexity index is 555. The highest BCUT2D eigenvalue weighted by atomic mass is 35.5. The van der Waals surface area contributed by atoms with E-state index in [1.54, 1.807) is 0 Å². The van der Waals surface area contributed by atoms with Gasteiger partial charge in [-0.1, -0.05) is 47.5 Å². The number of benzene rings is 2. The maximum atomic E-state index is 6.14. The van der Waals surface area contributed by atoms with Crippen LogP contribution in [0.15, 0.2) is 42.5 Å². The number of halogens is 2. The Kier molecular flexibility index (Phi) is 4.25. The first kappa shape index (κ1) is 13.4. The van der Waals surface area contributed by atoms with E-state index in [0.29, 0.717) is 5.02 Å². The lowest BCUT2D eigenvalue weighted by Crippen LogP contribution is -2.28. The standard InChI is InChI=1S/C14H14Cl2N2/c1-9-5-6-11(8-13(9)16)14(18-17)10-3-2-4-12(15)7-10/h2-8,14,18H,17H2,1H3. The van der Waals surface area contributed by atoms with E-state index in [1.807, 2.05) is 49.4 Å². The smallest absolute Gasteiger partial charge is 0.0711 e. The monoisotopic (exact) mass is 280 g/mol. The summed E-state index contributed by atoms with van der Waals surface area (Å²) in [6, 6.07) is 13.4. The van der Waals surface area contributed by atoms with Crippen molar-refractivity contribution < 1.29 is 0 Å².